The molecule has 146 valence electrons. The van der Waals surface area contributed by atoms with Gasteiger partial charge in [-0.15, -0.1) is 0 Å². The van der Waals surface area contributed by atoms with Gasteiger partial charge in [-0.1, -0.05) is 29.8 Å². The van der Waals surface area contributed by atoms with E-state index in [1.165, 1.54) is 0 Å². The SMILES string of the molecule is CCOc1ccc(NCc2cc(Br)c(OCc3ccccc3Cl)c(Br)c2)cc1. The van der Waals surface area contributed by atoms with Crippen LogP contribution in [0.5, 0.6) is 11.5 Å². The van der Waals surface area contributed by atoms with Crippen molar-refractivity contribution < 1.29 is 9.47 Å². The molecule has 0 unspecified atom stereocenters. The molecular weight excluding hydrogens is 506 g/mol. The molecule has 0 atom stereocenters. The summed E-state index contributed by atoms with van der Waals surface area (Å²) in [7, 11) is 0. The standard InChI is InChI=1S/C22H20Br2ClNO2/c1-2-27-18-9-7-17(8-10-18)26-13-15-11-19(23)22(20(24)12-15)28-14-16-5-3-4-6-21(16)25/h3-12,26H,2,13-14H2,1H3. The van der Waals surface area contributed by atoms with E-state index < -0.39 is 0 Å². The van der Waals surface area contributed by atoms with Gasteiger partial charge in [-0.3, -0.25) is 0 Å². The number of ether oxygens (including phenoxy) is 2. The maximum atomic E-state index is 6.20. The fraction of sp³-hybridized carbons (Fsp3) is 0.182. The Morgan fingerprint density at radius 2 is 1.61 bits per heavy atom. The lowest BCUT2D eigenvalue weighted by atomic mass is 10.2. The molecule has 3 aromatic rings. The predicted molar refractivity (Wildman–Crippen MR) is 123 cm³/mol. The second-order valence-corrected chi connectivity index (χ2v) is 8.20. The zero-order valence-electron chi connectivity index (χ0n) is 15.3. The van der Waals surface area contributed by atoms with E-state index in [-0.39, 0.29) is 0 Å². The number of rotatable bonds is 8. The third kappa shape index (κ3) is 5.66. The van der Waals surface area contributed by atoms with E-state index >= 15 is 0 Å². The van der Waals surface area contributed by atoms with Gasteiger partial charge >= 0.3 is 0 Å². The zero-order valence-corrected chi connectivity index (χ0v) is 19.3. The summed E-state index contributed by atoms with van der Waals surface area (Å²) in [5.74, 6) is 1.63. The average Bonchev–Trinajstić information content (AvgIpc) is 2.68. The van der Waals surface area contributed by atoms with E-state index in [0.29, 0.717) is 24.8 Å². The zero-order chi connectivity index (χ0) is 19.9. The minimum absolute atomic E-state index is 0.403. The highest BCUT2D eigenvalue weighted by Gasteiger charge is 2.10. The quantitative estimate of drug-likeness (QED) is 0.331. The number of halogens is 3. The third-order valence-electron chi connectivity index (χ3n) is 4.05. The van der Waals surface area contributed by atoms with Crippen LogP contribution in [-0.4, -0.2) is 6.61 Å². The highest BCUT2D eigenvalue weighted by atomic mass is 79.9. The Hall–Kier alpha value is -1.69. The van der Waals surface area contributed by atoms with Crippen molar-refractivity contribution in [2.24, 2.45) is 0 Å². The molecule has 1 N–H and O–H groups in total. The summed E-state index contributed by atoms with van der Waals surface area (Å²) in [5, 5.41) is 4.11. The molecule has 0 aliphatic rings. The summed E-state index contributed by atoms with van der Waals surface area (Å²) >= 11 is 13.4. The smallest absolute Gasteiger partial charge is 0.148 e. The molecule has 0 aliphatic carbocycles. The molecule has 3 aromatic carbocycles. The molecule has 3 nitrogen and oxygen atoms in total. The van der Waals surface area contributed by atoms with Crippen LogP contribution in [-0.2, 0) is 13.2 Å². The molecule has 3 rings (SSSR count). The second kappa shape index (κ2) is 10.2. The number of anilines is 1. The summed E-state index contributed by atoms with van der Waals surface area (Å²) < 4.78 is 13.2. The van der Waals surface area contributed by atoms with Crippen molar-refractivity contribution >= 4 is 49.1 Å². The molecule has 6 heteroatoms. The van der Waals surface area contributed by atoms with Crippen molar-refractivity contribution in [1.82, 2.24) is 0 Å². The second-order valence-electron chi connectivity index (χ2n) is 6.08. The molecule has 0 fully saturated rings. The summed E-state index contributed by atoms with van der Waals surface area (Å²) in [4.78, 5) is 0. The normalized spacial score (nSPS) is 10.6. The fourth-order valence-corrected chi connectivity index (χ4v) is 4.36. The minimum Gasteiger partial charge on any atom is -0.494 e. The van der Waals surface area contributed by atoms with Crippen LogP contribution in [0.25, 0.3) is 0 Å². The van der Waals surface area contributed by atoms with Crippen LogP contribution in [0.4, 0.5) is 5.69 Å². The topological polar surface area (TPSA) is 30.5 Å². The van der Waals surface area contributed by atoms with E-state index in [4.69, 9.17) is 21.1 Å². The van der Waals surface area contributed by atoms with Crippen LogP contribution in [0.3, 0.4) is 0 Å². The number of nitrogens with one attached hydrogen (secondary N) is 1. The molecule has 0 aromatic heterocycles. The summed E-state index contributed by atoms with van der Waals surface area (Å²) in [5.41, 5.74) is 3.11. The van der Waals surface area contributed by atoms with Crippen molar-refractivity contribution in [2.45, 2.75) is 20.1 Å². The van der Waals surface area contributed by atoms with Crippen molar-refractivity contribution in [3.8, 4) is 11.5 Å². The maximum Gasteiger partial charge on any atom is 0.148 e. The van der Waals surface area contributed by atoms with Gasteiger partial charge in [-0.25, -0.2) is 0 Å². The van der Waals surface area contributed by atoms with E-state index in [1.54, 1.807) is 0 Å². The molecular formula is C22H20Br2ClNO2. The Balaban J connectivity index is 1.63. The molecule has 0 amide bonds. The van der Waals surface area contributed by atoms with Crippen LogP contribution >= 0.6 is 43.5 Å². The summed E-state index contributed by atoms with van der Waals surface area (Å²) in [6, 6.07) is 19.7. The Morgan fingerprint density at radius 3 is 2.25 bits per heavy atom. The number of hydrogen-bond donors (Lipinski definition) is 1. The van der Waals surface area contributed by atoms with Gasteiger partial charge in [0.15, 0.2) is 0 Å². The highest BCUT2D eigenvalue weighted by molar-refractivity contribution is 9.11. The predicted octanol–water partition coefficient (Wildman–Crippen LogP) is 7.45. The monoisotopic (exact) mass is 523 g/mol. The lowest BCUT2D eigenvalue weighted by Crippen LogP contribution is -2.02. The molecule has 0 bridgehead atoms. The molecule has 0 heterocycles. The summed E-state index contributed by atoms with van der Waals surface area (Å²) in [6.07, 6.45) is 0. The average molecular weight is 526 g/mol. The number of benzene rings is 3. The van der Waals surface area contributed by atoms with Gasteiger partial charge in [0.25, 0.3) is 0 Å². The lowest BCUT2D eigenvalue weighted by molar-refractivity contribution is 0.302. The first-order chi connectivity index (χ1) is 13.6. The van der Waals surface area contributed by atoms with Crippen LogP contribution in [0, 0.1) is 0 Å². The van der Waals surface area contributed by atoms with Crippen molar-refractivity contribution in [1.29, 1.82) is 0 Å². The first kappa shape index (κ1) is 21.0. The Morgan fingerprint density at radius 1 is 0.929 bits per heavy atom. The van der Waals surface area contributed by atoms with E-state index in [9.17, 15) is 0 Å². The first-order valence-electron chi connectivity index (χ1n) is 8.87. The molecule has 28 heavy (non-hydrogen) atoms. The number of hydrogen-bond acceptors (Lipinski definition) is 3. The maximum absolute atomic E-state index is 6.20. The van der Waals surface area contributed by atoms with Crippen LogP contribution in [0.2, 0.25) is 5.02 Å². The van der Waals surface area contributed by atoms with Crippen molar-refractivity contribution in [2.75, 3.05) is 11.9 Å². The van der Waals surface area contributed by atoms with Gasteiger partial charge in [0, 0.05) is 22.8 Å². The highest BCUT2D eigenvalue weighted by Crippen LogP contribution is 2.36. The molecule has 0 spiro atoms. The van der Waals surface area contributed by atoms with Crippen molar-refractivity contribution in [3.63, 3.8) is 0 Å². The van der Waals surface area contributed by atoms with Gasteiger partial charge in [-0.05, 0) is 86.8 Å². The van der Waals surface area contributed by atoms with E-state index in [0.717, 1.165) is 37.3 Å². The van der Waals surface area contributed by atoms with Gasteiger partial charge in [0.2, 0.25) is 0 Å². The van der Waals surface area contributed by atoms with Gasteiger partial charge in [0.05, 0.1) is 15.6 Å². The van der Waals surface area contributed by atoms with E-state index in [1.807, 2.05) is 67.6 Å². The fourth-order valence-electron chi connectivity index (χ4n) is 2.66. The van der Waals surface area contributed by atoms with Gasteiger partial charge < -0.3 is 14.8 Å². The largest absolute Gasteiger partial charge is 0.494 e. The van der Waals surface area contributed by atoms with Crippen LogP contribution in [0.15, 0.2) is 69.6 Å². The molecule has 0 saturated heterocycles. The molecule has 0 saturated carbocycles. The third-order valence-corrected chi connectivity index (χ3v) is 5.60. The minimum atomic E-state index is 0.403. The van der Waals surface area contributed by atoms with Crippen molar-refractivity contribution in [3.05, 3.63) is 85.8 Å². The first-order valence-corrected chi connectivity index (χ1v) is 10.8. The molecule has 0 aliphatic heterocycles. The van der Waals surface area contributed by atoms with Gasteiger partial charge in [-0.2, -0.15) is 0 Å². The Kier molecular flexibility index (Phi) is 7.65. The Labute approximate surface area is 187 Å². The molecule has 0 radical (unpaired) electrons. The van der Waals surface area contributed by atoms with Crippen LogP contribution < -0.4 is 14.8 Å². The van der Waals surface area contributed by atoms with Crippen LogP contribution in [0.1, 0.15) is 18.1 Å². The lowest BCUT2D eigenvalue weighted by Gasteiger charge is -2.14. The summed E-state index contributed by atoms with van der Waals surface area (Å²) in [6.45, 7) is 3.74. The Bertz CT molecular complexity index is 909. The van der Waals surface area contributed by atoms with Gasteiger partial charge in [0.1, 0.15) is 18.1 Å². The van der Waals surface area contributed by atoms with E-state index in [2.05, 4.69) is 37.2 Å².